The highest BCUT2D eigenvalue weighted by Gasteiger charge is 1.98. The summed E-state index contributed by atoms with van der Waals surface area (Å²) in [6, 6.07) is 0. The van der Waals surface area contributed by atoms with Gasteiger partial charge in [0.1, 0.15) is 0 Å². The fourth-order valence-electron chi connectivity index (χ4n) is 1.29. The molecule has 0 aromatic heterocycles. The van der Waals surface area contributed by atoms with Crippen LogP contribution in [0.15, 0.2) is 12.7 Å². The first kappa shape index (κ1) is 18.6. The second-order valence-corrected chi connectivity index (χ2v) is 4.11. The first-order chi connectivity index (χ1) is 9.70. The average molecular weight is 286 g/mol. The first-order valence-corrected chi connectivity index (χ1v) is 7.00. The van der Waals surface area contributed by atoms with Gasteiger partial charge in [-0.3, -0.25) is 9.59 Å². The van der Waals surface area contributed by atoms with Crippen LogP contribution in [-0.4, -0.2) is 51.3 Å². The van der Waals surface area contributed by atoms with E-state index in [0.29, 0.717) is 58.8 Å². The van der Waals surface area contributed by atoms with Crippen molar-refractivity contribution in [1.82, 2.24) is 10.6 Å². The number of hydrogen-bond donors (Lipinski definition) is 2. The van der Waals surface area contributed by atoms with E-state index < -0.39 is 0 Å². The Morgan fingerprint density at radius 3 is 2.05 bits per heavy atom. The number of ether oxygens (including phenoxy) is 2. The SMILES string of the molecule is C=CCCC(=O)NCCOCCOCCNC(=O)CC. The van der Waals surface area contributed by atoms with Crippen molar-refractivity contribution in [3.05, 3.63) is 12.7 Å². The molecule has 0 aromatic rings. The van der Waals surface area contributed by atoms with Gasteiger partial charge in [-0.05, 0) is 6.42 Å². The number of carbonyl (C=O) groups is 2. The molecule has 0 bridgehead atoms. The van der Waals surface area contributed by atoms with Gasteiger partial charge in [-0.25, -0.2) is 0 Å². The summed E-state index contributed by atoms with van der Waals surface area (Å²) in [5.74, 6) is 0.0356. The van der Waals surface area contributed by atoms with E-state index in [-0.39, 0.29) is 11.8 Å². The molecule has 0 heterocycles. The molecule has 6 nitrogen and oxygen atoms in total. The quantitative estimate of drug-likeness (QED) is 0.384. The Morgan fingerprint density at radius 1 is 1.00 bits per heavy atom. The summed E-state index contributed by atoms with van der Waals surface area (Å²) in [5, 5.41) is 5.46. The molecule has 0 atom stereocenters. The lowest BCUT2D eigenvalue weighted by atomic mass is 10.3. The number of rotatable bonds is 13. The van der Waals surface area contributed by atoms with Gasteiger partial charge >= 0.3 is 0 Å². The van der Waals surface area contributed by atoms with Crippen LogP contribution in [0.3, 0.4) is 0 Å². The van der Waals surface area contributed by atoms with E-state index in [1.165, 1.54) is 0 Å². The summed E-state index contributed by atoms with van der Waals surface area (Å²) in [6.45, 7) is 8.29. The molecular formula is C14H26N2O4. The molecule has 0 aliphatic rings. The van der Waals surface area contributed by atoms with E-state index in [2.05, 4.69) is 17.2 Å². The summed E-state index contributed by atoms with van der Waals surface area (Å²) < 4.78 is 10.6. The maximum atomic E-state index is 11.2. The van der Waals surface area contributed by atoms with Crippen LogP contribution in [0.2, 0.25) is 0 Å². The second kappa shape index (κ2) is 14.0. The molecule has 0 saturated carbocycles. The fourth-order valence-corrected chi connectivity index (χ4v) is 1.29. The third-order valence-electron chi connectivity index (χ3n) is 2.41. The molecule has 0 aromatic carbocycles. The molecule has 0 rings (SSSR count). The van der Waals surface area contributed by atoms with Gasteiger partial charge in [-0.1, -0.05) is 13.0 Å². The van der Waals surface area contributed by atoms with E-state index in [1.54, 1.807) is 13.0 Å². The van der Waals surface area contributed by atoms with Crippen LogP contribution in [-0.2, 0) is 19.1 Å². The highest BCUT2D eigenvalue weighted by atomic mass is 16.5. The van der Waals surface area contributed by atoms with Gasteiger partial charge in [0, 0.05) is 25.9 Å². The third kappa shape index (κ3) is 13.0. The van der Waals surface area contributed by atoms with Crippen LogP contribution in [0.25, 0.3) is 0 Å². The van der Waals surface area contributed by atoms with Crippen LogP contribution in [0, 0.1) is 0 Å². The number of carbonyl (C=O) groups excluding carboxylic acids is 2. The third-order valence-corrected chi connectivity index (χ3v) is 2.41. The molecule has 2 N–H and O–H groups in total. The molecule has 2 amide bonds. The van der Waals surface area contributed by atoms with Crippen LogP contribution < -0.4 is 10.6 Å². The number of nitrogens with one attached hydrogen (secondary N) is 2. The lowest BCUT2D eigenvalue weighted by molar-refractivity contribution is -0.122. The predicted octanol–water partition coefficient (Wildman–Crippen LogP) is 0.628. The molecular weight excluding hydrogens is 260 g/mol. The Morgan fingerprint density at radius 2 is 1.55 bits per heavy atom. The van der Waals surface area contributed by atoms with E-state index in [1.807, 2.05) is 0 Å². The van der Waals surface area contributed by atoms with E-state index in [9.17, 15) is 9.59 Å². The Balaban J connectivity index is 3.15. The Hall–Kier alpha value is -1.40. The second-order valence-electron chi connectivity index (χ2n) is 4.11. The van der Waals surface area contributed by atoms with Crippen LogP contribution in [0.4, 0.5) is 0 Å². The molecule has 0 radical (unpaired) electrons. The highest BCUT2D eigenvalue weighted by Crippen LogP contribution is 1.88. The minimum Gasteiger partial charge on any atom is -0.377 e. The van der Waals surface area contributed by atoms with E-state index in [4.69, 9.17) is 9.47 Å². The van der Waals surface area contributed by atoms with Crippen molar-refractivity contribution < 1.29 is 19.1 Å². The van der Waals surface area contributed by atoms with Crippen molar-refractivity contribution in [2.45, 2.75) is 26.2 Å². The Labute approximate surface area is 120 Å². The molecule has 0 spiro atoms. The zero-order valence-electron chi connectivity index (χ0n) is 12.3. The zero-order chi connectivity index (χ0) is 15.1. The number of allylic oxidation sites excluding steroid dienone is 1. The summed E-state index contributed by atoms with van der Waals surface area (Å²) in [5.41, 5.74) is 0. The van der Waals surface area contributed by atoms with Crippen molar-refractivity contribution in [3.63, 3.8) is 0 Å². The largest absolute Gasteiger partial charge is 0.377 e. The summed E-state index contributed by atoms with van der Waals surface area (Å²) in [7, 11) is 0. The highest BCUT2D eigenvalue weighted by molar-refractivity contribution is 5.76. The van der Waals surface area contributed by atoms with Crippen LogP contribution in [0.5, 0.6) is 0 Å². The predicted molar refractivity (Wildman–Crippen MR) is 77.4 cm³/mol. The van der Waals surface area contributed by atoms with Gasteiger partial charge in [0.25, 0.3) is 0 Å². The van der Waals surface area contributed by atoms with Crippen LogP contribution >= 0.6 is 0 Å². The van der Waals surface area contributed by atoms with Crippen LogP contribution in [0.1, 0.15) is 26.2 Å². The summed E-state index contributed by atoms with van der Waals surface area (Å²) >= 11 is 0. The maximum absolute atomic E-state index is 11.2. The van der Waals surface area contributed by atoms with Gasteiger partial charge in [0.05, 0.1) is 26.4 Å². The monoisotopic (exact) mass is 286 g/mol. The molecule has 116 valence electrons. The fraction of sp³-hybridized carbons (Fsp3) is 0.714. The van der Waals surface area contributed by atoms with Gasteiger partial charge in [0.2, 0.25) is 11.8 Å². The van der Waals surface area contributed by atoms with Gasteiger partial charge in [-0.2, -0.15) is 0 Å². The van der Waals surface area contributed by atoms with Crippen molar-refractivity contribution in [1.29, 1.82) is 0 Å². The number of amides is 2. The summed E-state index contributed by atoms with van der Waals surface area (Å²) in [4.78, 5) is 22.1. The molecule has 0 unspecified atom stereocenters. The molecule has 0 aliphatic carbocycles. The number of hydrogen-bond acceptors (Lipinski definition) is 4. The van der Waals surface area contributed by atoms with Crippen molar-refractivity contribution in [3.8, 4) is 0 Å². The molecule has 0 aliphatic heterocycles. The Bertz CT molecular complexity index is 282. The van der Waals surface area contributed by atoms with E-state index in [0.717, 1.165) is 0 Å². The zero-order valence-corrected chi connectivity index (χ0v) is 12.3. The van der Waals surface area contributed by atoms with Gasteiger partial charge < -0.3 is 20.1 Å². The van der Waals surface area contributed by atoms with Crippen molar-refractivity contribution in [2.24, 2.45) is 0 Å². The van der Waals surface area contributed by atoms with Gasteiger partial charge in [-0.15, -0.1) is 6.58 Å². The average Bonchev–Trinajstić information content (AvgIpc) is 2.46. The minimum absolute atomic E-state index is 0.0106. The summed E-state index contributed by atoms with van der Waals surface area (Å²) in [6.07, 6.45) is 3.36. The molecule has 0 fully saturated rings. The van der Waals surface area contributed by atoms with Crippen molar-refractivity contribution in [2.75, 3.05) is 39.5 Å². The first-order valence-electron chi connectivity index (χ1n) is 7.00. The maximum Gasteiger partial charge on any atom is 0.220 e. The van der Waals surface area contributed by atoms with E-state index >= 15 is 0 Å². The van der Waals surface area contributed by atoms with Gasteiger partial charge in [0.15, 0.2) is 0 Å². The topological polar surface area (TPSA) is 76.7 Å². The lowest BCUT2D eigenvalue weighted by Gasteiger charge is -2.07. The lowest BCUT2D eigenvalue weighted by Crippen LogP contribution is -2.28. The van der Waals surface area contributed by atoms with Crippen molar-refractivity contribution >= 4 is 11.8 Å². The smallest absolute Gasteiger partial charge is 0.220 e. The molecule has 0 saturated heterocycles. The minimum atomic E-state index is 0.0106. The standard InChI is InChI=1S/C14H26N2O4/c1-3-5-6-14(18)16-8-10-20-12-11-19-9-7-15-13(17)4-2/h3H,1,4-12H2,2H3,(H,15,17)(H,16,18). The normalized spacial score (nSPS) is 10.1. The Kier molecular flexibility index (Phi) is 13.0. The molecule has 6 heteroatoms. The molecule has 20 heavy (non-hydrogen) atoms.